The van der Waals surface area contributed by atoms with Crippen molar-refractivity contribution >= 4 is 35.5 Å². The van der Waals surface area contributed by atoms with E-state index in [9.17, 15) is 0 Å². The van der Waals surface area contributed by atoms with E-state index in [0.717, 1.165) is 19.5 Å². The molecule has 0 radical (unpaired) electrons. The molecule has 0 spiro atoms. The normalized spacial score (nSPS) is 13.3. The SMILES string of the molecule is CN(C)CCCN1c2ccccc2Sc2ccc(C(C)(C)C)cc21.Cl. The largest absolute Gasteiger partial charge is 0.340 e. The van der Waals surface area contributed by atoms with Gasteiger partial charge < -0.3 is 9.80 Å². The Hall–Kier alpha value is -1.16. The average molecular weight is 377 g/mol. The molecule has 1 heterocycles. The van der Waals surface area contributed by atoms with E-state index in [2.05, 4.69) is 87.1 Å². The summed E-state index contributed by atoms with van der Waals surface area (Å²) in [6.07, 6.45) is 1.16. The molecule has 2 nitrogen and oxygen atoms in total. The summed E-state index contributed by atoms with van der Waals surface area (Å²) in [6.45, 7) is 9.02. The number of benzene rings is 2. The highest BCUT2D eigenvalue weighted by Gasteiger charge is 2.25. The minimum Gasteiger partial charge on any atom is -0.340 e. The highest BCUT2D eigenvalue weighted by molar-refractivity contribution is 7.99. The Morgan fingerprint density at radius 3 is 2.32 bits per heavy atom. The lowest BCUT2D eigenvalue weighted by Gasteiger charge is -2.34. The van der Waals surface area contributed by atoms with Crippen LogP contribution in [0.15, 0.2) is 52.3 Å². The third-order valence-corrected chi connectivity index (χ3v) is 5.61. The number of para-hydroxylation sites is 1. The number of halogens is 1. The van der Waals surface area contributed by atoms with Crippen molar-refractivity contribution in [2.24, 2.45) is 0 Å². The van der Waals surface area contributed by atoms with Crippen molar-refractivity contribution in [1.29, 1.82) is 0 Å². The van der Waals surface area contributed by atoms with E-state index in [0.29, 0.717) is 0 Å². The van der Waals surface area contributed by atoms with Crippen LogP contribution in [0.3, 0.4) is 0 Å². The number of anilines is 2. The van der Waals surface area contributed by atoms with Gasteiger partial charge in [-0.25, -0.2) is 0 Å². The van der Waals surface area contributed by atoms with Crippen molar-refractivity contribution < 1.29 is 0 Å². The monoisotopic (exact) mass is 376 g/mol. The highest BCUT2D eigenvalue weighted by atomic mass is 35.5. The zero-order valence-corrected chi connectivity index (χ0v) is 17.5. The maximum atomic E-state index is 2.51. The zero-order chi connectivity index (χ0) is 17.3. The fraction of sp³-hybridized carbons (Fsp3) is 0.429. The predicted molar refractivity (Wildman–Crippen MR) is 113 cm³/mol. The van der Waals surface area contributed by atoms with Crippen LogP contribution in [0, 0.1) is 0 Å². The smallest absolute Gasteiger partial charge is 0.0555 e. The molecule has 1 aliphatic rings. The number of hydrogen-bond donors (Lipinski definition) is 0. The van der Waals surface area contributed by atoms with Gasteiger partial charge in [0.1, 0.15) is 0 Å². The molecule has 4 heteroatoms. The Morgan fingerprint density at radius 1 is 0.960 bits per heavy atom. The Kier molecular flexibility index (Phi) is 6.47. The maximum Gasteiger partial charge on any atom is 0.0555 e. The van der Waals surface area contributed by atoms with Gasteiger partial charge in [-0.05, 0) is 62.3 Å². The van der Waals surface area contributed by atoms with Crippen LogP contribution in [0.2, 0.25) is 0 Å². The third kappa shape index (κ3) is 4.52. The zero-order valence-electron chi connectivity index (χ0n) is 15.9. The molecule has 2 aromatic rings. The Bertz CT molecular complexity index is 722. The summed E-state index contributed by atoms with van der Waals surface area (Å²) < 4.78 is 0. The quantitative estimate of drug-likeness (QED) is 0.649. The summed E-state index contributed by atoms with van der Waals surface area (Å²) in [5.74, 6) is 0. The summed E-state index contributed by atoms with van der Waals surface area (Å²) in [5.41, 5.74) is 4.29. The number of nitrogens with zero attached hydrogens (tertiary/aromatic N) is 2. The Labute approximate surface area is 163 Å². The molecule has 0 aliphatic carbocycles. The van der Waals surface area contributed by atoms with Crippen molar-refractivity contribution in [2.75, 3.05) is 32.1 Å². The van der Waals surface area contributed by atoms with Crippen molar-refractivity contribution in [3.8, 4) is 0 Å². The number of rotatable bonds is 4. The standard InChI is InChI=1S/C21H28N2S.ClH/c1-21(2,3)16-11-12-20-18(15-16)23(14-8-13-22(4)5)17-9-6-7-10-19(17)24-20;/h6-7,9-12,15H,8,13-14H2,1-5H3;1H. The van der Waals surface area contributed by atoms with Gasteiger partial charge in [0.05, 0.1) is 11.4 Å². The molecule has 3 rings (SSSR count). The summed E-state index contributed by atoms with van der Waals surface area (Å²) in [7, 11) is 4.29. The van der Waals surface area contributed by atoms with Crippen LogP contribution in [0.4, 0.5) is 11.4 Å². The van der Waals surface area contributed by atoms with Crippen LogP contribution in [-0.2, 0) is 5.41 Å². The molecular weight excluding hydrogens is 348 g/mol. The molecule has 0 unspecified atom stereocenters. The topological polar surface area (TPSA) is 6.48 Å². The van der Waals surface area contributed by atoms with Crippen LogP contribution in [-0.4, -0.2) is 32.1 Å². The molecule has 0 N–H and O–H groups in total. The van der Waals surface area contributed by atoms with E-state index >= 15 is 0 Å². The molecule has 0 amide bonds. The molecule has 0 bridgehead atoms. The third-order valence-electron chi connectivity index (χ3n) is 4.48. The lowest BCUT2D eigenvalue weighted by molar-refractivity contribution is 0.402. The molecule has 136 valence electrons. The molecule has 0 fully saturated rings. The van der Waals surface area contributed by atoms with Crippen LogP contribution >= 0.6 is 24.2 Å². The first-order chi connectivity index (χ1) is 11.4. The maximum absolute atomic E-state index is 2.51. The second kappa shape index (κ2) is 8.03. The molecule has 0 saturated carbocycles. The van der Waals surface area contributed by atoms with E-state index < -0.39 is 0 Å². The van der Waals surface area contributed by atoms with Crippen LogP contribution in [0.1, 0.15) is 32.8 Å². The molecule has 1 aliphatic heterocycles. The van der Waals surface area contributed by atoms with E-state index in [4.69, 9.17) is 0 Å². The second-order valence-electron chi connectivity index (χ2n) is 7.81. The average Bonchev–Trinajstić information content (AvgIpc) is 2.52. The van der Waals surface area contributed by atoms with Gasteiger partial charge in [-0.2, -0.15) is 0 Å². The van der Waals surface area contributed by atoms with E-state index in [1.54, 1.807) is 0 Å². The predicted octanol–water partition coefficient (Wildman–Crippen LogP) is 5.96. The first kappa shape index (κ1) is 20.2. The Balaban J connectivity index is 0.00000225. The molecule has 25 heavy (non-hydrogen) atoms. The highest BCUT2D eigenvalue weighted by Crippen LogP contribution is 2.49. The van der Waals surface area contributed by atoms with Crippen LogP contribution in [0.25, 0.3) is 0 Å². The van der Waals surface area contributed by atoms with Gasteiger partial charge in [-0.3, -0.25) is 0 Å². The number of fused-ring (bicyclic) bond motifs is 2. The van der Waals surface area contributed by atoms with Gasteiger partial charge in [0.25, 0.3) is 0 Å². The van der Waals surface area contributed by atoms with Gasteiger partial charge in [0, 0.05) is 16.3 Å². The first-order valence-corrected chi connectivity index (χ1v) is 9.51. The van der Waals surface area contributed by atoms with E-state index in [1.807, 2.05) is 11.8 Å². The van der Waals surface area contributed by atoms with E-state index in [1.165, 1.54) is 26.7 Å². The minimum atomic E-state index is 0. The Morgan fingerprint density at radius 2 is 1.64 bits per heavy atom. The second-order valence-corrected chi connectivity index (χ2v) is 8.89. The summed E-state index contributed by atoms with van der Waals surface area (Å²) >= 11 is 1.89. The van der Waals surface area contributed by atoms with Gasteiger partial charge >= 0.3 is 0 Å². The fourth-order valence-electron chi connectivity index (χ4n) is 3.08. The van der Waals surface area contributed by atoms with Crippen molar-refractivity contribution in [2.45, 2.75) is 42.4 Å². The van der Waals surface area contributed by atoms with Gasteiger partial charge in [-0.15, -0.1) is 12.4 Å². The molecule has 0 aromatic heterocycles. The minimum absolute atomic E-state index is 0. The van der Waals surface area contributed by atoms with Crippen molar-refractivity contribution in [3.05, 3.63) is 48.0 Å². The molecule has 0 atom stereocenters. The summed E-state index contributed by atoms with van der Waals surface area (Å²) in [4.78, 5) is 7.50. The van der Waals surface area contributed by atoms with Gasteiger partial charge in [-0.1, -0.05) is 50.7 Å². The van der Waals surface area contributed by atoms with E-state index in [-0.39, 0.29) is 17.8 Å². The van der Waals surface area contributed by atoms with Gasteiger partial charge in [0.2, 0.25) is 0 Å². The molecular formula is C21H29ClN2S. The molecule has 0 saturated heterocycles. The summed E-state index contributed by atoms with van der Waals surface area (Å²) in [6, 6.07) is 15.8. The number of hydrogen-bond acceptors (Lipinski definition) is 3. The summed E-state index contributed by atoms with van der Waals surface area (Å²) in [5, 5.41) is 0. The fourth-order valence-corrected chi connectivity index (χ4v) is 4.16. The van der Waals surface area contributed by atoms with Crippen LogP contribution in [0.5, 0.6) is 0 Å². The lowest BCUT2D eigenvalue weighted by atomic mass is 9.87. The van der Waals surface area contributed by atoms with Crippen LogP contribution < -0.4 is 4.90 Å². The first-order valence-electron chi connectivity index (χ1n) is 8.70. The van der Waals surface area contributed by atoms with Crippen molar-refractivity contribution in [1.82, 2.24) is 4.90 Å². The van der Waals surface area contributed by atoms with Crippen molar-refractivity contribution in [3.63, 3.8) is 0 Å². The lowest BCUT2D eigenvalue weighted by Crippen LogP contribution is -2.26. The van der Waals surface area contributed by atoms with Gasteiger partial charge in [0.15, 0.2) is 0 Å². The molecule has 2 aromatic carbocycles.